The van der Waals surface area contributed by atoms with Crippen molar-refractivity contribution in [1.29, 1.82) is 0 Å². The Hall–Kier alpha value is -4.23. The number of Topliss-reactive ketones (excluding diaryl/α,β-unsaturated/α-hetero) is 1. The molecule has 1 aromatic heterocycles. The fourth-order valence-corrected chi connectivity index (χ4v) is 5.59. The number of ether oxygens (including phenoxy) is 1. The molecule has 1 unspecified atom stereocenters. The van der Waals surface area contributed by atoms with Gasteiger partial charge in [0.25, 0.3) is 5.91 Å². The highest BCUT2D eigenvalue weighted by Gasteiger charge is 2.45. The Kier molecular flexibility index (Phi) is 7.35. The van der Waals surface area contributed by atoms with Crippen molar-refractivity contribution in [3.8, 4) is 16.3 Å². The summed E-state index contributed by atoms with van der Waals surface area (Å²) in [5.74, 6) is -0.484. The minimum atomic E-state index is -0.812. The van der Waals surface area contributed by atoms with Gasteiger partial charge in [0, 0.05) is 11.3 Å². The molecule has 0 aliphatic carbocycles. The molecule has 1 atom stereocenters. The lowest BCUT2D eigenvalue weighted by molar-refractivity contribution is -0.117. The van der Waals surface area contributed by atoms with Crippen LogP contribution in [0.5, 0.6) is 5.75 Å². The first-order valence-electron chi connectivity index (χ1n) is 12.9. The maximum absolute atomic E-state index is 14.1. The van der Waals surface area contributed by atoms with E-state index >= 15 is 0 Å². The standard InChI is InChI=1S/C32H30N2O4S/c1-19(2)18-38-25-16-12-22(13-17-25)27-26(29(36)32(37)34(27)24-14-10-20(3)11-15-24)28(35)30-21(4)33-31(39-30)23-8-6-5-7-9-23/h5-17,19,27,36H,18H2,1-4H3. The monoisotopic (exact) mass is 538 g/mol. The summed E-state index contributed by atoms with van der Waals surface area (Å²) in [6.45, 7) is 8.47. The van der Waals surface area contributed by atoms with Crippen LogP contribution in [-0.2, 0) is 4.79 Å². The van der Waals surface area contributed by atoms with E-state index in [1.54, 1.807) is 6.92 Å². The number of rotatable bonds is 8. The van der Waals surface area contributed by atoms with Gasteiger partial charge in [-0.2, -0.15) is 0 Å². The molecule has 0 fully saturated rings. The van der Waals surface area contributed by atoms with Crippen molar-refractivity contribution in [1.82, 2.24) is 4.98 Å². The third-order valence-electron chi connectivity index (χ3n) is 6.57. The largest absolute Gasteiger partial charge is 0.503 e. The number of amides is 1. The quantitative estimate of drug-likeness (QED) is 0.239. The number of hydrogen-bond acceptors (Lipinski definition) is 6. The zero-order valence-corrected chi connectivity index (χ0v) is 23.2. The van der Waals surface area contributed by atoms with Gasteiger partial charge in [0.2, 0.25) is 5.78 Å². The van der Waals surface area contributed by atoms with E-state index in [4.69, 9.17) is 4.74 Å². The Morgan fingerprint density at radius 1 is 1.00 bits per heavy atom. The Morgan fingerprint density at radius 3 is 2.31 bits per heavy atom. The molecule has 3 aromatic carbocycles. The van der Waals surface area contributed by atoms with Gasteiger partial charge in [-0.3, -0.25) is 14.5 Å². The number of ketones is 1. The normalized spacial score (nSPS) is 15.4. The van der Waals surface area contributed by atoms with Gasteiger partial charge in [-0.25, -0.2) is 4.98 Å². The highest BCUT2D eigenvalue weighted by molar-refractivity contribution is 7.17. The highest BCUT2D eigenvalue weighted by Crippen LogP contribution is 2.43. The molecular formula is C32H30N2O4S. The van der Waals surface area contributed by atoms with E-state index in [9.17, 15) is 14.7 Å². The van der Waals surface area contributed by atoms with Crippen LogP contribution in [0, 0.1) is 19.8 Å². The Morgan fingerprint density at radius 2 is 1.67 bits per heavy atom. The van der Waals surface area contributed by atoms with Crippen molar-refractivity contribution in [2.45, 2.75) is 33.7 Å². The first kappa shape index (κ1) is 26.4. The highest BCUT2D eigenvalue weighted by atomic mass is 32.1. The molecule has 1 aliphatic rings. The first-order chi connectivity index (χ1) is 18.7. The van der Waals surface area contributed by atoms with Gasteiger partial charge < -0.3 is 9.84 Å². The predicted octanol–water partition coefficient (Wildman–Crippen LogP) is 7.24. The van der Waals surface area contributed by atoms with Crippen LogP contribution in [0.2, 0.25) is 0 Å². The SMILES string of the molecule is Cc1ccc(N2C(=O)C(O)=C(C(=O)c3sc(-c4ccccc4)nc3C)C2c2ccc(OCC(C)C)cc2)cc1. The molecule has 1 N–H and O–H groups in total. The van der Waals surface area contributed by atoms with E-state index in [0.717, 1.165) is 11.1 Å². The van der Waals surface area contributed by atoms with Crippen LogP contribution in [0.15, 0.2) is 90.2 Å². The number of carbonyl (C=O) groups excluding carboxylic acids is 2. The number of aryl methyl sites for hydroxylation is 2. The summed E-state index contributed by atoms with van der Waals surface area (Å²) in [5.41, 5.74) is 3.83. The second kappa shape index (κ2) is 10.9. The summed E-state index contributed by atoms with van der Waals surface area (Å²) in [5, 5.41) is 11.9. The molecule has 0 radical (unpaired) electrons. The summed E-state index contributed by atoms with van der Waals surface area (Å²) < 4.78 is 5.84. The lowest BCUT2D eigenvalue weighted by Crippen LogP contribution is -2.31. The van der Waals surface area contributed by atoms with Crippen molar-refractivity contribution in [3.05, 3.63) is 112 Å². The van der Waals surface area contributed by atoms with Crippen LogP contribution in [0.1, 0.15) is 46.4 Å². The molecule has 6 nitrogen and oxygen atoms in total. The number of nitrogens with zero attached hydrogens (tertiary/aromatic N) is 2. The summed E-state index contributed by atoms with van der Waals surface area (Å²) in [6, 6.07) is 23.6. The molecule has 1 aliphatic heterocycles. The summed E-state index contributed by atoms with van der Waals surface area (Å²) in [4.78, 5) is 34.1. The van der Waals surface area contributed by atoms with Gasteiger partial charge in [0.15, 0.2) is 5.76 Å². The number of carbonyl (C=O) groups is 2. The van der Waals surface area contributed by atoms with E-state index in [2.05, 4.69) is 18.8 Å². The Bertz CT molecular complexity index is 1540. The topological polar surface area (TPSA) is 79.7 Å². The maximum atomic E-state index is 14.1. The summed E-state index contributed by atoms with van der Waals surface area (Å²) >= 11 is 1.26. The van der Waals surface area contributed by atoms with Crippen molar-refractivity contribution in [2.75, 3.05) is 11.5 Å². The Balaban J connectivity index is 1.58. The van der Waals surface area contributed by atoms with Gasteiger partial charge in [-0.1, -0.05) is 74.0 Å². The second-order valence-electron chi connectivity index (χ2n) is 10.1. The smallest absolute Gasteiger partial charge is 0.294 e. The number of hydrogen-bond donors (Lipinski definition) is 1. The molecule has 39 heavy (non-hydrogen) atoms. The molecule has 0 saturated heterocycles. The summed E-state index contributed by atoms with van der Waals surface area (Å²) in [7, 11) is 0. The zero-order valence-electron chi connectivity index (χ0n) is 22.3. The molecule has 198 valence electrons. The third kappa shape index (κ3) is 5.22. The molecule has 0 spiro atoms. The second-order valence-corrected chi connectivity index (χ2v) is 11.1. The minimum absolute atomic E-state index is 0.0442. The van der Waals surface area contributed by atoms with E-state index in [1.807, 2.05) is 85.8 Å². The zero-order chi connectivity index (χ0) is 27.7. The molecular weight excluding hydrogens is 508 g/mol. The van der Waals surface area contributed by atoms with Crippen molar-refractivity contribution < 1.29 is 19.4 Å². The lowest BCUT2D eigenvalue weighted by Gasteiger charge is -2.27. The third-order valence-corrected chi connectivity index (χ3v) is 7.77. The van der Waals surface area contributed by atoms with Gasteiger partial charge in [0.1, 0.15) is 10.8 Å². The van der Waals surface area contributed by atoms with Crippen LogP contribution in [0.3, 0.4) is 0 Å². The van der Waals surface area contributed by atoms with E-state index < -0.39 is 23.5 Å². The van der Waals surface area contributed by atoms with Crippen molar-refractivity contribution in [2.24, 2.45) is 5.92 Å². The minimum Gasteiger partial charge on any atom is -0.503 e. The Labute approximate surface area is 232 Å². The van der Waals surface area contributed by atoms with Crippen molar-refractivity contribution in [3.63, 3.8) is 0 Å². The van der Waals surface area contributed by atoms with Gasteiger partial charge in [-0.05, 0) is 49.6 Å². The number of benzene rings is 3. The number of aromatic nitrogens is 1. The number of aliphatic hydroxyl groups excluding tert-OH is 1. The van der Waals surface area contributed by atoms with Crippen LogP contribution < -0.4 is 9.64 Å². The van der Waals surface area contributed by atoms with Gasteiger partial charge >= 0.3 is 0 Å². The van der Waals surface area contributed by atoms with Crippen molar-refractivity contribution >= 4 is 28.7 Å². The predicted molar refractivity (Wildman–Crippen MR) is 154 cm³/mol. The number of thiazole rings is 1. The molecule has 1 amide bonds. The number of aliphatic hydroxyl groups is 1. The summed E-state index contributed by atoms with van der Waals surface area (Å²) in [6.07, 6.45) is 0. The number of anilines is 1. The molecule has 7 heteroatoms. The van der Waals surface area contributed by atoms with Crippen LogP contribution in [-0.4, -0.2) is 28.4 Å². The van der Waals surface area contributed by atoms with E-state index in [-0.39, 0.29) is 5.57 Å². The van der Waals surface area contributed by atoms with Crippen LogP contribution in [0.4, 0.5) is 5.69 Å². The molecule has 2 heterocycles. The van der Waals surface area contributed by atoms with Crippen LogP contribution >= 0.6 is 11.3 Å². The van der Waals surface area contributed by atoms with Gasteiger partial charge in [0.05, 0.1) is 28.8 Å². The first-order valence-corrected chi connectivity index (χ1v) is 13.7. The molecule has 5 rings (SSSR count). The lowest BCUT2D eigenvalue weighted by atomic mass is 9.94. The average Bonchev–Trinajstić information content (AvgIpc) is 3.45. The maximum Gasteiger partial charge on any atom is 0.294 e. The average molecular weight is 539 g/mol. The van der Waals surface area contributed by atoms with E-state index in [0.29, 0.717) is 45.1 Å². The fraction of sp³-hybridized carbons (Fsp3) is 0.219. The molecule has 0 saturated carbocycles. The van der Waals surface area contributed by atoms with E-state index in [1.165, 1.54) is 16.2 Å². The van der Waals surface area contributed by atoms with Gasteiger partial charge in [-0.15, -0.1) is 11.3 Å². The van der Waals surface area contributed by atoms with Crippen LogP contribution in [0.25, 0.3) is 10.6 Å². The molecule has 4 aromatic rings. The molecule has 0 bridgehead atoms. The fourth-order valence-electron chi connectivity index (χ4n) is 4.57.